The Morgan fingerprint density at radius 2 is 2.18 bits per heavy atom. The summed E-state index contributed by atoms with van der Waals surface area (Å²) in [4.78, 5) is 10.9. The lowest BCUT2D eigenvalue weighted by Crippen LogP contribution is -2.35. The van der Waals surface area contributed by atoms with Gasteiger partial charge in [0.15, 0.2) is 0 Å². The van der Waals surface area contributed by atoms with Gasteiger partial charge in [0.1, 0.15) is 5.60 Å². The maximum Gasteiger partial charge on any atom is 0.408 e. The third kappa shape index (κ3) is 3.83. The van der Waals surface area contributed by atoms with Crippen LogP contribution in [-0.4, -0.2) is 24.4 Å². The van der Waals surface area contributed by atoms with E-state index in [9.17, 15) is 4.79 Å². The van der Waals surface area contributed by atoms with Crippen molar-refractivity contribution in [2.24, 2.45) is 0 Å². The topological polar surface area (TPSA) is 60.3 Å². The van der Waals surface area contributed by atoms with Gasteiger partial charge in [0.2, 0.25) is 0 Å². The fourth-order valence-corrected chi connectivity index (χ4v) is 0.611. The van der Waals surface area contributed by atoms with Gasteiger partial charge < -0.3 is 10.1 Å². The first kappa shape index (κ1) is 8.33. The van der Waals surface area contributed by atoms with Crippen molar-refractivity contribution in [3.05, 3.63) is 0 Å². The van der Waals surface area contributed by atoms with Crippen LogP contribution < -0.4 is 10.6 Å². The second kappa shape index (κ2) is 2.70. The molecule has 4 nitrogen and oxygen atoms in total. The molecule has 0 aromatic heterocycles. The van der Waals surface area contributed by atoms with E-state index in [2.05, 4.69) is 10.6 Å². The highest BCUT2D eigenvalue weighted by Gasteiger charge is 2.25. The lowest BCUT2D eigenvalue weighted by molar-refractivity contribution is 0.0523. The predicted octanol–water partition coefficient (Wildman–Crippen LogP) is 0.440. The van der Waals surface area contributed by atoms with Gasteiger partial charge >= 0.3 is 6.09 Å². The smallest absolute Gasteiger partial charge is 0.408 e. The van der Waals surface area contributed by atoms with Gasteiger partial charge in [-0.15, -0.1) is 0 Å². The molecular formula is C7H14N2O2. The zero-order valence-corrected chi connectivity index (χ0v) is 7.10. The highest BCUT2D eigenvalue weighted by molar-refractivity contribution is 5.68. The molecule has 0 radical (unpaired) electrons. The van der Waals surface area contributed by atoms with Crippen LogP contribution in [0.3, 0.4) is 0 Å². The summed E-state index contributed by atoms with van der Waals surface area (Å²) in [6, 6.07) is 0. The second-order valence-electron chi connectivity index (χ2n) is 3.61. The minimum Gasteiger partial charge on any atom is -0.444 e. The summed E-state index contributed by atoms with van der Waals surface area (Å²) in [6.45, 7) is 6.37. The molecule has 0 aliphatic carbocycles. The van der Waals surface area contributed by atoms with Crippen LogP contribution in [0.1, 0.15) is 20.8 Å². The molecule has 0 aromatic rings. The van der Waals surface area contributed by atoms with E-state index in [0.29, 0.717) is 0 Å². The quantitative estimate of drug-likeness (QED) is 0.544. The maximum absolute atomic E-state index is 10.9. The molecule has 1 unspecified atom stereocenters. The van der Waals surface area contributed by atoms with Crippen LogP contribution in [0.5, 0.6) is 0 Å². The fourth-order valence-electron chi connectivity index (χ4n) is 0.611. The average Bonchev–Trinajstić information content (AvgIpc) is 2.42. The third-order valence-electron chi connectivity index (χ3n) is 1.10. The van der Waals surface area contributed by atoms with Crippen LogP contribution in [0.25, 0.3) is 0 Å². The van der Waals surface area contributed by atoms with Gasteiger partial charge in [-0.2, -0.15) is 0 Å². The van der Waals surface area contributed by atoms with E-state index in [4.69, 9.17) is 4.74 Å². The number of hydrogen-bond donors (Lipinski definition) is 2. The lowest BCUT2D eigenvalue weighted by Gasteiger charge is -2.19. The van der Waals surface area contributed by atoms with Crippen molar-refractivity contribution in [3.8, 4) is 0 Å². The monoisotopic (exact) mass is 158 g/mol. The molecule has 1 amide bonds. The van der Waals surface area contributed by atoms with Crippen molar-refractivity contribution in [1.82, 2.24) is 10.6 Å². The maximum atomic E-state index is 10.9. The zero-order chi connectivity index (χ0) is 8.48. The van der Waals surface area contributed by atoms with Crippen molar-refractivity contribution >= 4 is 6.09 Å². The highest BCUT2D eigenvalue weighted by atomic mass is 16.6. The zero-order valence-electron chi connectivity index (χ0n) is 7.10. The molecule has 4 heteroatoms. The number of nitrogens with one attached hydrogen (secondary N) is 2. The first-order valence-electron chi connectivity index (χ1n) is 3.70. The van der Waals surface area contributed by atoms with Crippen LogP contribution in [-0.2, 0) is 4.74 Å². The molecule has 1 heterocycles. The van der Waals surface area contributed by atoms with Crippen LogP contribution in [0.15, 0.2) is 0 Å². The molecule has 0 saturated carbocycles. The largest absolute Gasteiger partial charge is 0.444 e. The Balaban J connectivity index is 2.19. The molecule has 1 rings (SSSR count). The Morgan fingerprint density at radius 3 is 2.55 bits per heavy atom. The number of alkyl carbamates (subject to hydrolysis) is 1. The summed E-state index contributed by atoms with van der Waals surface area (Å²) < 4.78 is 5.00. The molecule has 1 atom stereocenters. The SMILES string of the molecule is CC(C)(C)OC(=O)NC1CN1. The first-order valence-corrected chi connectivity index (χ1v) is 3.70. The number of amides is 1. The minimum atomic E-state index is -0.404. The molecule has 1 aliphatic rings. The molecule has 0 aromatic carbocycles. The predicted molar refractivity (Wildman–Crippen MR) is 41.2 cm³/mol. The summed E-state index contributed by atoms with van der Waals surface area (Å²) in [5.74, 6) is 0. The molecule has 0 spiro atoms. The van der Waals surface area contributed by atoms with E-state index < -0.39 is 5.60 Å². The van der Waals surface area contributed by atoms with E-state index in [1.54, 1.807) is 0 Å². The molecule has 1 saturated heterocycles. The normalized spacial score (nSPS) is 22.6. The molecule has 1 aliphatic heterocycles. The minimum absolute atomic E-state index is 0.129. The van der Waals surface area contributed by atoms with Crippen molar-refractivity contribution < 1.29 is 9.53 Å². The number of carbonyl (C=O) groups excluding carboxylic acids is 1. The van der Waals surface area contributed by atoms with E-state index in [0.717, 1.165) is 6.54 Å². The standard InChI is InChI=1S/C7H14N2O2/c1-7(2,3)11-6(10)9-5-4-8-5/h5,8H,4H2,1-3H3,(H,9,10). The number of ether oxygens (including phenoxy) is 1. The van der Waals surface area contributed by atoms with Gasteiger partial charge in [0.25, 0.3) is 0 Å². The van der Waals surface area contributed by atoms with Gasteiger partial charge in [-0.05, 0) is 20.8 Å². The van der Waals surface area contributed by atoms with Crippen LogP contribution in [0, 0.1) is 0 Å². The molecule has 0 bridgehead atoms. The Labute approximate surface area is 66.3 Å². The van der Waals surface area contributed by atoms with E-state index in [1.165, 1.54) is 0 Å². The first-order chi connectivity index (χ1) is 4.97. The average molecular weight is 158 g/mol. The summed E-state index contributed by atoms with van der Waals surface area (Å²) in [6.07, 6.45) is -0.225. The second-order valence-corrected chi connectivity index (χ2v) is 3.61. The molecule has 1 fully saturated rings. The fraction of sp³-hybridized carbons (Fsp3) is 0.857. The van der Waals surface area contributed by atoms with E-state index in [1.807, 2.05) is 20.8 Å². The van der Waals surface area contributed by atoms with Crippen molar-refractivity contribution in [2.75, 3.05) is 6.54 Å². The van der Waals surface area contributed by atoms with Gasteiger partial charge in [-0.3, -0.25) is 5.32 Å². The van der Waals surface area contributed by atoms with Crippen LogP contribution in [0.2, 0.25) is 0 Å². The Hall–Kier alpha value is -0.770. The number of rotatable bonds is 1. The molecule has 11 heavy (non-hydrogen) atoms. The van der Waals surface area contributed by atoms with Crippen LogP contribution >= 0.6 is 0 Å². The van der Waals surface area contributed by atoms with E-state index >= 15 is 0 Å². The van der Waals surface area contributed by atoms with Gasteiger partial charge in [-0.25, -0.2) is 4.79 Å². The van der Waals surface area contributed by atoms with Gasteiger partial charge in [0, 0.05) is 6.54 Å². The van der Waals surface area contributed by atoms with Crippen molar-refractivity contribution in [2.45, 2.75) is 32.5 Å². The summed E-state index contributed by atoms with van der Waals surface area (Å²) in [5, 5.41) is 5.58. The Kier molecular flexibility index (Phi) is 2.04. The van der Waals surface area contributed by atoms with Gasteiger partial charge in [-0.1, -0.05) is 0 Å². The summed E-state index contributed by atoms with van der Waals surface area (Å²) in [5.41, 5.74) is -0.404. The Bertz CT molecular complexity index is 158. The molecular weight excluding hydrogens is 144 g/mol. The third-order valence-corrected chi connectivity index (χ3v) is 1.10. The van der Waals surface area contributed by atoms with Crippen molar-refractivity contribution in [3.63, 3.8) is 0 Å². The summed E-state index contributed by atoms with van der Waals surface area (Å²) in [7, 11) is 0. The summed E-state index contributed by atoms with van der Waals surface area (Å²) >= 11 is 0. The molecule has 2 N–H and O–H groups in total. The molecule has 64 valence electrons. The Morgan fingerprint density at radius 1 is 1.64 bits per heavy atom. The van der Waals surface area contributed by atoms with Crippen molar-refractivity contribution in [1.29, 1.82) is 0 Å². The van der Waals surface area contributed by atoms with E-state index in [-0.39, 0.29) is 12.3 Å². The van der Waals surface area contributed by atoms with Crippen LogP contribution in [0.4, 0.5) is 4.79 Å². The lowest BCUT2D eigenvalue weighted by atomic mass is 10.2. The number of carbonyl (C=O) groups is 1. The van der Waals surface area contributed by atoms with Gasteiger partial charge in [0.05, 0.1) is 6.17 Å². The highest BCUT2D eigenvalue weighted by Crippen LogP contribution is 2.07. The number of hydrogen-bond acceptors (Lipinski definition) is 3.